The molecule has 35 heavy (non-hydrogen) atoms. The van der Waals surface area contributed by atoms with Gasteiger partial charge >= 0.3 is 0 Å². The summed E-state index contributed by atoms with van der Waals surface area (Å²) in [5.41, 5.74) is 3.78. The molecule has 1 aliphatic heterocycles. The number of carbonyl (C=O) groups excluding carboxylic acids is 1. The van der Waals surface area contributed by atoms with E-state index in [0.717, 1.165) is 39.0 Å². The maximum Gasteiger partial charge on any atom is 0.270 e. The minimum Gasteiger partial charge on any atom is -0.488 e. The van der Waals surface area contributed by atoms with Crippen LogP contribution in [0.25, 0.3) is 16.8 Å². The van der Waals surface area contributed by atoms with Crippen LogP contribution < -0.4 is 14.5 Å². The van der Waals surface area contributed by atoms with Crippen LogP contribution in [0.5, 0.6) is 5.75 Å². The molecular formula is C29H24N2O2S2. The molecule has 0 atom stereocenters. The molecule has 1 heterocycles. The highest BCUT2D eigenvalue weighted by molar-refractivity contribution is 8.27. The van der Waals surface area contributed by atoms with Crippen LogP contribution in [0, 0.1) is 0 Å². The minimum absolute atomic E-state index is 0.125. The van der Waals surface area contributed by atoms with Crippen molar-refractivity contribution in [2.45, 2.75) is 6.61 Å². The normalized spacial score (nSPS) is 14.7. The number of nitrogens with zero attached hydrogens (tertiary/aromatic N) is 2. The van der Waals surface area contributed by atoms with E-state index in [1.807, 2.05) is 104 Å². The van der Waals surface area contributed by atoms with Crippen molar-refractivity contribution >= 4 is 62.4 Å². The first kappa shape index (κ1) is 23.1. The van der Waals surface area contributed by atoms with Gasteiger partial charge < -0.3 is 9.64 Å². The van der Waals surface area contributed by atoms with Crippen LogP contribution >= 0.6 is 24.0 Å². The van der Waals surface area contributed by atoms with Crippen LogP contribution in [-0.2, 0) is 11.4 Å². The average Bonchev–Trinajstić information content (AvgIpc) is 3.16. The van der Waals surface area contributed by atoms with Crippen LogP contribution in [0.3, 0.4) is 0 Å². The number of amides is 1. The lowest BCUT2D eigenvalue weighted by molar-refractivity contribution is -0.113. The number of hydrogen-bond acceptors (Lipinski definition) is 5. The number of rotatable bonds is 6. The first-order chi connectivity index (χ1) is 17.0. The van der Waals surface area contributed by atoms with Crippen LogP contribution in [-0.4, -0.2) is 24.3 Å². The molecule has 1 saturated heterocycles. The maximum absolute atomic E-state index is 13.5. The van der Waals surface area contributed by atoms with Gasteiger partial charge in [-0.05, 0) is 52.7 Å². The topological polar surface area (TPSA) is 32.8 Å². The molecule has 6 heteroatoms. The van der Waals surface area contributed by atoms with Gasteiger partial charge in [-0.3, -0.25) is 9.69 Å². The molecular weight excluding hydrogens is 472 g/mol. The Morgan fingerprint density at radius 1 is 0.914 bits per heavy atom. The van der Waals surface area contributed by atoms with Gasteiger partial charge in [0.15, 0.2) is 4.32 Å². The van der Waals surface area contributed by atoms with E-state index >= 15 is 0 Å². The largest absolute Gasteiger partial charge is 0.488 e. The predicted octanol–water partition coefficient (Wildman–Crippen LogP) is 6.89. The van der Waals surface area contributed by atoms with Gasteiger partial charge in [0.05, 0.1) is 10.6 Å². The maximum atomic E-state index is 13.5. The number of thioether (sulfide) groups is 1. The van der Waals surface area contributed by atoms with Gasteiger partial charge in [-0.1, -0.05) is 84.6 Å². The Morgan fingerprint density at radius 2 is 1.63 bits per heavy atom. The van der Waals surface area contributed by atoms with Gasteiger partial charge in [-0.15, -0.1) is 0 Å². The highest BCUT2D eigenvalue weighted by Crippen LogP contribution is 2.39. The number of fused-ring (bicyclic) bond motifs is 1. The molecule has 0 unspecified atom stereocenters. The summed E-state index contributed by atoms with van der Waals surface area (Å²) in [7, 11) is 3.97. The molecule has 4 nitrogen and oxygen atoms in total. The molecule has 0 N–H and O–H groups in total. The summed E-state index contributed by atoms with van der Waals surface area (Å²) in [6.45, 7) is 0.444. The Hall–Kier alpha value is -3.61. The van der Waals surface area contributed by atoms with Crippen LogP contribution in [0.1, 0.15) is 11.1 Å². The third-order valence-electron chi connectivity index (χ3n) is 5.86. The van der Waals surface area contributed by atoms with E-state index in [9.17, 15) is 4.79 Å². The SMILES string of the molecule is CN(C)c1ccc(N2C(=O)C(=Cc3c(OCc4ccccc4)ccc4ccccc34)SC2=S)cc1. The van der Waals surface area contributed by atoms with Gasteiger partial charge in [0, 0.05) is 25.3 Å². The Kier molecular flexibility index (Phi) is 6.57. The van der Waals surface area contributed by atoms with E-state index in [0.29, 0.717) is 15.8 Å². The fourth-order valence-corrected chi connectivity index (χ4v) is 5.29. The monoisotopic (exact) mass is 496 g/mol. The second kappa shape index (κ2) is 9.94. The first-order valence-corrected chi connectivity index (χ1v) is 12.5. The molecule has 0 aliphatic carbocycles. The third kappa shape index (κ3) is 4.81. The van der Waals surface area contributed by atoms with E-state index < -0.39 is 0 Å². The number of carbonyl (C=O) groups is 1. The highest BCUT2D eigenvalue weighted by Gasteiger charge is 2.33. The highest BCUT2D eigenvalue weighted by atomic mass is 32.2. The average molecular weight is 497 g/mol. The Balaban J connectivity index is 1.50. The standard InChI is InChI=1S/C29H24N2O2S2/c1-30(2)22-13-15-23(16-14-22)31-28(32)27(35-29(31)34)18-25-24-11-7-6-10-21(24)12-17-26(25)33-19-20-8-4-3-5-9-20/h3-18H,19H2,1-2H3. The zero-order valence-corrected chi connectivity index (χ0v) is 21.1. The molecule has 0 radical (unpaired) electrons. The number of anilines is 2. The number of hydrogen-bond donors (Lipinski definition) is 0. The van der Waals surface area contributed by atoms with Gasteiger partial charge in [0.1, 0.15) is 12.4 Å². The van der Waals surface area contributed by atoms with Crippen molar-refractivity contribution < 1.29 is 9.53 Å². The van der Waals surface area contributed by atoms with Crippen molar-refractivity contribution in [2.24, 2.45) is 0 Å². The molecule has 0 saturated carbocycles. The van der Waals surface area contributed by atoms with E-state index in [1.165, 1.54) is 11.8 Å². The Morgan fingerprint density at radius 3 is 2.37 bits per heavy atom. The lowest BCUT2D eigenvalue weighted by atomic mass is 10.0. The molecule has 1 amide bonds. The van der Waals surface area contributed by atoms with Crippen molar-refractivity contribution in [3.63, 3.8) is 0 Å². The summed E-state index contributed by atoms with van der Waals surface area (Å²) >= 11 is 6.92. The van der Waals surface area contributed by atoms with Gasteiger partial charge in [0.25, 0.3) is 5.91 Å². The second-order valence-corrected chi connectivity index (χ2v) is 10.1. The van der Waals surface area contributed by atoms with Crippen molar-refractivity contribution in [1.29, 1.82) is 0 Å². The molecule has 174 valence electrons. The number of ether oxygens (including phenoxy) is 1. The summed E-state index contributed by atoms with van der Waals surface area (Å²) in [6, 6.07) is 30.0. The lowest BCUT2D eigenvalue weighted by Gasteiger charge is -2.17. The molecule has 4 aromatic rings. The zero-order chi connectivity index (χ0) is 24.4. The van der Waals surface area contributed by atoms with E-state index in [-0.39, 0.29) is 5.91 Å². The molecule has 1 fully saturated rings. The smallest absolute Gasteiger partial charge is 0.270 e. The summed E-state index contributed by atoms with van der Waals surface area (Å²) in [6.07, 6.45) is 1.91. The van der Waals surface area contributed by atoms with E-state index in [2.05, 4.69) is 12.1 Å². The van der Waals surface area contributed by atoms with Crippen LogP contribution in [0.15, 0.2) is 95.9 Å². The summed E-state index contributed by atoms with van der Waals surface area (Å²) in [5, 5.41) is 2.11. The molecule has 0 spiro atoms. The molecule has 1 aliphatic rings. The predicted molar refractivity (Wildman–Crippen MR) is 151 cm³/mol. The fourth-order valence-electron chi connectivity index (χ4n) is 4.01. The molecule has 4 aromatic carbocycles. The molecule has 0 aromatic heterocycles. The van der Waals surface area contributed by atoms with Crippen molar-refractivity contribution in [2.75, 3.05) is 23.9 Å². The molecule has 0 bridgehead atoms. The minimum atomic E-state index is -0.125. The zero-order valence-electron chi connectivity index (χ0n) is 19.5. The summed E-state index contributed by atoms with van der Waals surface area (Å²) < 4.78 is 6.75. The fraction of sp³-hybridized carbons (Fsp3) is 0.103. The number of benzene rings is 4. The van der Waals surface area contributed by atoms with Gasteiger partial charge in [0.2, 0.25) is 0 Å². The van der Waals surface area contributed by atoms with E-state index in [4.69, 9.17) is 17.0 Å². The molecule has 5 rings (SSSR count). The van der Waals surface area contributed by atoms with Crippen LogP contribution in [0.4, 0.5) is 11.4 Å². The summed E-state index contributed by atoms with van der Waals surface area (Å²) in [5.74, 6) is 0.604. The summed E-state index contributed by atoms with van der Waals surface area (Å²) in [4.78, 5) is 17.7. The third-order valence-corrected chi connectivity index (χ3v) is 7.16. The van der Waals surface area contributed by atoms with E-state index in [1.54, 1.807) is 4.90 Å². The van der Waals surface area contributed by atoms with Crippen molar-refractivity contribution in [3.8, 4) is 5.75 Å². The van der Waals surface area contributed by atoms with Gasteiger partial charge in [-0.25, -0.2) is 0 Å². The second-order valence-electron chi connectivity index (χ2n) is 8.40. The Bertz CT molecular complexity index is 1430. The lowest BCUT2D eigenvalue weighted by Crippen LogP contribution is -2.27. The quantitative estimate of drug-likeness (QED) is 0.214. The number of thiocarbonyl (C=S) groups is 1. The Labute approximate surface area is 214 Å². The van der Waals surface area contributed by atoms with Crippen molar-refractivity contribution in [1.82, 2.24) is 0 Å². The van der Waals surface area contributed by atoms with Crippen molar-refractivity contribution in [3.05, 3.63) is 107 Å². The van der Waals surface area contributed by atoms with Crippen LogP contribution in [0.2, 0.25) is 0 Å². The van der Waals surface area contributed by atoms with Gasteiger partial charge in [-0.2, -0.15) is 0 Å². The first-order valence-electron chi connectivity index (χ1n) is 11.2.